The number of carbonyl (C=O) groups excluding carboxylic acids is 2. The van der Waals surface area contributed by atoms with Gasteiger partial charge in [-0.2, -0.15) is 0 Å². The van der Waals surface area contributed by atoms with Crippen molar-refractivity contribution in [3.05, 3.63) is 33.2 Å². The van der Waals surface area contributed by atoms with E-state index in [2.05, 4.69) is 4.98 Å². The fraction of sp³-hybridized carbons (Fsp3) is 0.588. The van der Waals surface area contributed by atoms with Crippen molar-refractivity contribution < 1.29 is 19.1 Å². The number of H-pyrrole nitrogens is 1. The predicted molar refractivity (Wildman–Crippen MR) is 84.1 cm³/mol. The van der Waals surface area contributed by atoms with Gasteiger partial charge in [0.05, 0.1) is 13.2 Å². The van der Waals surface area contributed by atoms with E-state index in [1.54, 1.807) is 4.90 Å². The second-order valence-corrected chi connectivity index (χ2v) is 6.58. The zero-order valence-corrected chi connectivity index (χ0v) is 13.4. The first-order valence-electron chi connectivity index (χ1n) is 8.45. The second-order valence-electron chi connectivity index (χ2n) is 6.58. The number of aryl methyl sites for hydroxylation is 1. The molecule has 2 aliphatic heterocycles. The molecule has 24 heavy (non-hydrogen) atoms. The number of amides is 1. The number of nitrogens with one attached hydrogen (secondary N) is 1. The van der Waals surface area contributed by atoms with Gasteiger partial charge in [0.25, 0.3) is 11.5 Å². The zero-order valence-electron chi connectivity index (χ0n) is 13.4. The number of aromatic nitrogens is 1. The summed E-state index contributed by atoms with van der Waals surface area (Å²) in [7, 11) is 0. The summed E-state index contributed by atoms with van der Waals surface area (Å²) in [4.78, 5) is 41.4. The van der Waals surface area contributed by atoms with Crippen molar-refractivity contribution in [3.63, 3.8) is 0 Å². The van der Waals surface area contributed by atoms with Crippen molar-refractivity contribution in [1.29, 1.82) is 0 Å². The van der Waals surface area contributed by atoms with Crippen LogP contribution < -0.4 is 5.56 Å². The van der Waals surface area contributed by atoms with Crippen molar-refractivity contribution >= 4 is 11.7 Å². The number of nitrogens with zero attached hydrogens (tertiary/aromatic N) is 1. The first-order valence-corrected chi connectivity index (χ1v) is 8.45. The molecule has 3 aliphatic rings. The lowest BCUT2D eigenvalue weighted by Crippen LogP contribution is -2.48. The average Bonchev–Trinajstić information content (AvgIpc) is 3.03. The van der Waals surface area contributed by atoms with Crippen LogP contribution in [-0.2, 0) is 15.9 Å². The lowest BCUT2D eigenvalue weighted by Gasteiger charge is -2.37. The molecule has 1 aromatic rings. The minimum atomic E-state index is -0.560. The van der Waals surface area contributed by atoms with Crippen LogP contribution in [0.2, 0.25) is 0 Å². The van der Waals surface area contributed by atoms with Gasteiger partial charge in [0.15, 0.2) is 11.6 Å². The van der Waals surface area contributed by atoms with Crippen LogP contribution in [0.4, 0.5) is 0 Å². The Morgan fingerprint density at radius 3 is 2.54 bits per heavy atom. The van der Waals surface area contributed by atoms with Crippen LogP contribution in [0.25, 0.3) is 0 Å². The first-order chi connectivity index (χ1) is 11.6. The normalized spacial score (nSPS) is 22.7. The number of piperidine rings is 1. The van der Waals surface area contributed by atoms with Crippen molar-refractivity contribution in [1.82, 2.24) is 9.88 Å². The number of likely N-dealkylation sites (tertiary alicyclic amines) is 1. The molecular weight excluding hydrogens is 312 g/mol. The van der Waals surface area contributed by atoms with Crippen molar-refractivity contribution in [2.45, 2.75) is 37.9 Å². The lowest BCUT2D eigenvalue weighted by molar-refractivity contribution is -0.181. The molecule has 0 unspecified atom stereocenters. The van der Waals surface area contributed by atoms with Gasteiger partial charge in [-0.1, -0.05) is 0 Å². The number of aromatic amines is 1. The van der Waals surface area contributed by atoms with E-state index in [1.165, 1.54) is 6.07 Å². The molecule has 7 nitrogen and oxygen atoms in total. The monoisotopic (exact) mass is 332 g/mol. The van der Waals surface area contributed by atoms with Crippen LogP contribution in [0, 0.1) is 0 Å². The number of rotatable bonds is 1. The number of pyridine rings is 1. The van der Waals surface area contributed by atoms with Gasteiger partial charge in [-0.3, -0.25) is 14.4 Å². The SMILES string of the molecule is O=C1CCCc2[nH]c(=O)c(C(=O)N3CCC4(CC3)OCCO4)cc21. The third kappa shape index (κ3) is 2.57. The van der Waals surface area contributed by atoms with Gasteiger partial charge in [0.1, 0.15) is 5.56 Å². The fourth-order valence-corrected chi connectivity index (χ4v) is 3.74. The summed E-state index contributed by atoms with van der Waals surface area (Å²) in [6, 6.07) is 1.48. The van der Waals surface area contributed by atoms with Crippen LogP contribution in [0.5, 0.6) is 0 Å². The Morgan fingerprint density at radius 1 is 1.12 bits per heavy atom. The highest BCUT2D eigenvalue weighted by Gasteiger charge is 2.41. The summed E-state index contributed by atoms with van der Waals surface area (Å²) in [5.74, 6) is -0.896. The molecule has 1 N–H and O–H groups in total. The highest BCUT2D eigenvalue weighted by molar-refractivity contribution is 6.01. The van der Waals surface area contributed by atoms with E-state index in [1.807, 2.05) is 0 Å². The molecule has 0 atom stereocenters. The molecule has 1 aliphatic carbocycles. The average molecular weight is 332 g/mol. The van der Waals surface area contributed by atoms with E-state index in [9.17, 15) is 14.4 Å². The summed E-state index contributed by atoms with van der Waals surface area (Å²) in [6.07, 6.45) is 3.07. The van der Waals surface area contributed by atoms with Crippen LogP contribution in [-0.4, -0.2) is 53.7 Å². The molecule has 7 heteroatoms. The van der Waals surface area contributed by atoms with E-state index in [4.69, 9.17) is 9.47 Å². The van der Waals surface area contributed by atoms with Crippen LogP contribution in [0.15, 0.2) is 10.9 Å². The molecule has 2 fully saturated rings. The highest BCUT2D eigenvalue weighted by Crippen LogP contribution is 2.31. The molecule has 1 amide bonds. The van der Waals surface area contributed by atoms with E-state index < -0.39 is 11.3 Å². The molecule has 3 heterocycles. The molecule has 1 aromatic heterocycles. The third-order valence-corrected chi connectivity index (χ3v) is 5.11. The molecule has 0 radical (unpaired) electrons. The molecule has 2 saturated heterocycles. The minimum absolute atomic E-state index is 0.00750. The third-order valence-electron chi connectivity index (χ3n) is 5.11. The van der Waals surface area contributed by atoms with Gasteiger partial charge < -0.3 is 19.4 Å². The Labute approximate surface area is 138 Å². The summed E-state index contributed by atoms with van der Waals surface area (Å²) >= 11 is 0. The summed E-state index contributed by atoms with van der Waals surface area (Å²) < 4.78 is 11.3. The topological polar surface area (TPSA) is 88.7 Å². The molecule has 128 valence electrons. The Balaban J connectivity index is 1.56. The molecule has 0 saturated carbocycles. The Morgan fingerprint density at radius 2 is 1.83 bits per heavy atom. The first kappa shape index (κ1) is 15.5. The number of ether oxygens (including phenoxy) is 2. The van der Waals surface area contributed by atoms with E-state index in [0.29, 0.717) is 63.2 Å². The quantitative estimate of drug-likeness (QED) is 0.824. The smallest absolute Gasteiger partial charge is 0.261 e. The van der Waals surface area contributed by atoms with Crippen molar-refractivity contribution in [3.8, 4) is 0 Å². The maximum Gasteiger partial charge on any atom is 0.261 e. The van der Waals surface area contributed by atoms with Gasteiger partial charge in [0, 0.05) is 43.6 Å². The summed E-state index contributed by atoms with van der Waals surface area (Å²) in [6.45, 7) is 2.12. The Bertz CT molecular complexity index is 738. The van der Waals surface area contributed by atoms with Gasteiger partial charge in [-0.25, -0.2) is 0 Å². The number of ketones is 1. The molecular formula is C17H20N2O5. The van der Waals surface area contributed by atoms with Gasteiger partial charge in [-0.15, -0.1) is 0 Å². The highest BCUT2D eigenvalue weighted by atomic mass is 16.7. The van der Waals surface area contributed by atoms with E-state index >= 15 is 0 Å². The zero-order chi connectivity index (χ0) is 16.7. The number of hydrogen-bond donors (Lipinski definition) is 1. The number of fused-ring (bicyclic) bond motifs is 1. The maximum atomic E-state index is 12.7. The molecule has 0 bridgehead atoms. The standard InChI is InChI=1S/C17H20N2O5/c20-14-3-1-2-13-11(14)10-12(15(21)18-13)16(22)19-6-4-17(5-7-19)23-8-9-24-17/h10H,1-9H2,(H,18,21). The Kier molecular flexibility index (Phi) is 3.77. The van der Waals surface area contributed by atoms with E-state index in [-0.39, 0.29) is 17.3 Å². The Hall–Kier alpha value is -1.99. The fourth-order valence-electron chi connectivity index (χ4n) is 3.74. The summed E-state index contributed by atoms with van der Waals surface area (Å²) in [5.41, 5.74) is 0.772. The van der Waals surface area contributed by atoms with E-state index in [0.717, 1.165) is 6.42 Å². The number of carbonyl (C=O) groups is 2. The maximum absolute atomic E-state index is 12.7. The van der Waals surface area contributed by atoms with Crippen molar-refractivity contribution in [2.75, 3.05) is 26.3 Å². The number of hydrogen-bond acceptors (Lipinski definition) is 5. The minimum Gasteiger partial charge on any atom is -0.347 e. The van der Waals surface area contributed by atoms with Gasteiger partial charge >= 0.3 is 0 Å². The molecule has 1 spiro atoms. The number of Topliss-reactive ketones (excluding diaryl/α,β-unsaturated/α-hetero) is 1. The van der Waals surface area contributed by atoms with Crippen molar-refractivity contribution in [2.24, 2.45) is 0 Å². The van der Waals surface area contributed by atoms with Crippen LogP contribution in [0.1, 0.15) is 52.1 Å². The second kappa shape index (κ2) is 5.82. The van der Waals surface area contributed by atoms with Gasteiger partial charge in [0.2, 0.25) is 0 Å². The lowest BCUT2D eigenvalue weighted by atomic mass is 9.93. The predicted octanol–water partition coefficient (Wildman–Crippen LogP) is 0.873. The van der Waals surface area contributed by atoms with Crippen LogP contribution in [0.3, 0.4) is 0 Å². The van der Waals surface area contributed by atoms with Gasteiger partial charge in [-0.05, 0) is 18.9 Å². The molecule has 4 rings (SSSR count). The van der Waals surface area contributed by atoms with Crippen LogP contribution >= 0.6 is 0 Å². The largest absolute Gasteiger partial charge is 0.347 e. The summed E-state index contributed by atoms with van der Waals surface area (Å²) in [5, 5.41) is 0. The molecule has 0 aromatic carbocycles.